The Labute approximate surface area is 165 Å². The van der Waals surface area contributed by atoms with E-state index in [0.717, 1.165) is 11.3 Å². The number of halogens is 1. The van der Waals surface area contributed by atoms with Gasteiger partial charge in [-0.15, -0.1) is 0 Å². The van der Waals surface area contributed by atoms with Gasteiger partial charge in [-0.05, 0) is 48.9 Å². The molecule has 2 rings (SSSR count). The van der Waals surface area contributed by atoms with Gasteiger partial charge in [-0.2, -0.15) is 0 Å². The number of nitrogens with zero attached hydrogens (tertiary/aromatic N) is 1. The van der Waals surface area contributed by atoms with Gasteiger partial charge in [-0.1, -0.05) is 23.7 Å². The van der Waals surface area contributed by atoms with Crippen molar-refractivity contribution in [3.63, 3.8) is 0 Å². The van der Waals surface area contributed by atoms with Crippen molar-refractivity contribution in [2.24, 2.45) is 4.99 Å². The second-order valence-electron chi connectivity index (χ2n) is 6.11. The highest BCUT2D eigenvalue weighted by molar-refractivity contribution is 7.90. The van der Waals surface area contributed by atoms with Crippen molar-refractivity contribution >= 4 is 27.4 Å². The summed E-state index contributed by atoms with van der Waals surface area (Å²) < 4.78 is 28.8. The Morgan fingerprint density at radius 3 is 2.30 bits per heavy atom. The minimum atomic E-state index is -3.18. The first-order valence-corrected chi connectivity index (χ1v) is 10.7. The molecule has 0 heterocycles. The van der Waals surface area contributed by atoms with E-state index < -0.39 is 9.84 Å². The molecule has 0 aliphatic carbocycles. The second-order valence-corrected chi connectivity index (χ2v) is 8.56. The predicted octanol–water partition coefficient (Wildman–Crippen LogP) is 2.88. The van der Waals surface area contributed by atoms with Crippen LogP contribution in [0.2, 0.25) is 5.02 Å². The summed E-state index contributed by atoms with van der Waals surface area (Å²) in [7, 11) is -1.49. The summed E-state index contributed by atoms with van der Waals surface area (Å²) in [5.41, 5.74) is 0.954. The first-order valence-electron chi connectivity index (χ1n) is 8.43. The Morgan fingerprint density at radius 1 is 1.11 bits per heavy atom. The van der Waals surface area contributed by atoms with Crippen molar-refractivity contribution in [3.8, 4) is 5.75 Å². The van der Waals surface area contributed by atoms with E-state index in [9.17, 15) is 8.42 Å². The number of rotatable bonds is 7. The zero-order valence-electron chi connectivity index (χ0n) is 15.6. The van der Waals surface area contributed by atoms with Crippen LogP contribution in [-0.4, -0.2) is 40.3 Å². The molecule has 2 aromatic rings. The van der Waals surface area contributed by atoms with Gasteiger partial charge >= 0.3 is 0 Å². The minimum absolute atomic E-state index is 0.0706. The smallest absolute Gasteiger partial charge is 0.191 e. The van der Waals surface area contributed by atoms with Crippen LogP contribution in [0.25, 0.3) is 0 Å². The first kappa shape index (κ1) is 21.1. The quantitative estimate of drug-likeness (QED) is 0.543. The third-order valence-corrected chi connectivity index (χ3v) is 5.12. The van der Waals surface area contributed by atoms with Gasteiger partial charge < -0.3 is 15.4 Å². The number of guanidine groups is 1. The summed E-state index contributed by atoms with van der Waals surface area (Å²) >= 11 is 5.86. The minimum Gasteiger partial charge on any atom is -0.489 e. The maximum absolute atomic E-state index is 11.5. The van der Waals surface area contributed by atoms with E-state index in [1.807, 2.05) is 19.1 Å². The number of hydrogen-bond donors (Lipinski definition) is 2. The Bertz CT molecular complexity index is 866. The molecule has 0 spiro atoms. The van der Waals surface area contributed by atoms with Gasteiger partial charge in [0.2, 0.25) is 0 Å². The van der Waals surface area contributed by atoms with Crippen LogP contribution in [0, 0.1) is 0 Å². The maximum atomic E-state index is 11.5. The van der Waals surface area contributed by atoms with E-state index in [2.05, 4.69) is 15.6 Å². The molecule has 0 aromatic heterocycles. The molecule has 0 fully saturated rings. The molecule has 1 unspecified atom stereocenters. The molecule has 6 nitrogen and oxygen atoms in total. The molecule has 146 valence electrons. The molecule has 27 heavy (non-hydrogen) atoms. The molecular weight excluding hydrogens is 386 g/mol. The average molecular weight is 410 g/mol. The first-order chi connectivity index (χ1) is 12.8. The zero-order chi connectivity index (χ0) is 19.9. The highest BCUT2D eigenvalue weighted by Crippen LogP contribution is 2.16. The van der Waals surface area contributed by atoms with E-state index >= 15 is 0 Å². The number of hydrogen-bond acceptors (Lipinski definition) is 4. The average Bonchev–Trinajstić information content (AvgIpc) is 2.63. The van der Waals surface area contributed by atoms with Crippen LogP contribution in [0.3, 0.4) is 0 Å². The molecule has 0 amide bonds. The fourth-order valence-corrected chi connectivity index (χ4v) is 3.04. The van der Waals surface area contributed by atoms with E-state index in [0.29, 0.717) is 29.0 Å². The second kappa shape index (κ2) is 9.62. The van der Waals surface area contributed by atoms with E-state index in [1.165, 1.54) is 6.26 Å². The molecule has 1 atom stereocenters. The maximum Gasteiger partial charge on any atom is 0.191 e. The normalized spacial score (nSPS) is 13.1. The van der Waals surface area contributed by atoms with Crippen LogP contribution in [0.5, 0.6) is 5.75 Å². The summed E-state index contributed by atoms with van der Waals surface area (Å²) in [4.78, 5) is 4.48. The van der Waals surface area contributed by atoms with Crippen molar-refractivity contribution in [1.29, 1.82) is 0 Å². The molecule has 0 saturated heterocycles. The lowest BCUT2D eigenvalue weighted by atomic mass is 10.2. The summed E-state index contributed by atoms with van der Waals surface area (Å²) in [6.07, 6.45) is 1.12. The lowest BCUT2D eigenvalue weighted by Gasteiger charge is -2.18. The predicted molar refractivity (Wildman–Crippen MR) is 109 cm³/mol. The number of ether oxygens (including phenoxy) is 1. The Kier molecular flexibility index (Phi) is 7.50. The monoisotopic (exact) mass is 409 g/mol. The Hall–Kier alpha value is -2.25. The van der Waals surface area contributed by atoms with Crippen LogP contribution in [0.1, 0.15) is 12.5 Å². The van der Waals surface area contributed by atoms with Gasteiger partial charge in [0.15, 0.2) is 15.8 Å². The summed E-state index contributed by atoms with van der Waals surface area (Å²) in [5, 5.41) is 7.05. The van der Waals surface area contributed by atoms with Gasteiger partial charge in [-0.3, -0.25) is 4.99 Å². The fourth-order valence-electron chi connectivity index (χ4n) is 2.29. The fraction of sp³-hybridized carbons (Fsp3) is 0.316. The van der Waals surface area contributed by atoms with Crippen molar-refractivity contribution < 1.29 is 13.2 Å². The summed E-state index contributed by atoms with van der Waals surface area (Å²) in [5.74, 6) is 1.39. The zero-order valence-corrected chi connectivity index (χ0v) is 17.1. The summed E-state index contributed by atoms with van der Waals surface area (Å²) in [6.45, 7) is 3.05. The van der Waals surface area contributed by atoms with Crippen LogP contribution in [-0.2, 0) is 16.4 Å². The molecule has 0 bridgehead atoms. The van der Waals surface area contributed by atoms with Crippen LogP contribution in [0.15, 0.2) is 58.4 Å². The lowest BCUT2D eigenvalue weighted by molar-refractivity contribution is 0.224. The van der Waals surface area contributed by atoms with Crippen molar-refractivity contribution in [2.45, 2.75) is 24.5 Å². The van der Waals surface area contributed by atoms with Gasteiger partial charge in [0, 0.05) is 24.9 Å². The van der Waals surface area contributed by atoms with Crippen molar-refractivity contribution in [2.75, 3.05) is 19.8 Å². The van der Waals surface area contributed by atoms with Gasteiger partial charge in [0.25, 0.3) is 0 Å². The van der Waals surface area contributed by atoms with Crippen LogP contribution < -0.4 is 15.4 Å². The van der Waals surface area contributed by atoms with Crippen molar-refractivity contribution in [3.05, 3.63) is 59.1 Å². The summed E-state index contributed by atoms with van der Waals surface area (Å²) in [6, 6.07) is 14.0. The SMILES string of the molecule is CN=C(NCc1ccc(S(C)(=O)=O)cc1)NCC(C)Oc1ccc(Cl)cc1. The van der Waals surface area contributed by atoms with Gasteiger partial charge in [0.05, 0.1) is 11.4 Å². The molecule has 0 aliphatic rings. The van der Waals surface area contributed by atoms with E-state index in [1.54, 1.807) is 43.4 Å². The number of nitrogens with one attached hydrogen (secondary N) is 2. The Morgan fingerprint density at radius 2 is 1.74 bits per heavy atom. The largest absolute Gasteiger partial charge is 0.489 e. The Balaban J connectivity index is 1.80. The third kappa shape index (κ3) is 7.11. The lowest BCUT2D eigenvalue weighted by Crippen LogP contribution is -2.41. The molecule has 0 aliphatic heterocycles. The van der Waals surface area contributed by atoms with Gasteiger partial charge in [-0.25, -0.2) is 8.42 Å². The standard InChI is InChI=1S/C19H24ClN3O3S/c1-14(26-17-8-6-16(20)7-9-17)12-22-19(21-2)23-13-15-4-10-18(11-5-15)27(3,24)25/h4-11,14H,12-13H2,1-3H3,(H2,21,22,23). The number of benzene rings is 2. The highest BCUT2D eigenvalue weighted by atomic mass is 35.5. The molecule has 0 saturated carbocycles. The molecule has 2 aromatic carbocycles. The van der Waals surface area contributed by atoms with E-state index in [-0.39, 0.29) is 6.10 Å². The van der Waals surface area contributed by atoms with Crippen LogP contribution in [0.4, 0.5) is 0 Å². The molecular formula is C19H24ClN3O3S. The molecule has 8 heteroatoms. The molecule has 0 radical (unpaired) electrons. The molecule has 2 N–H and O–H groups in total. The topological polar surface area (TPSA) is 79.8 Å². The number of aliphatic imine (C=N–C) groups is 1. The van der Waals surface area contributed by atoms with E-state index in [4.69, 9.17) is 16.3 Å². The van der Waals surface area contributed by atoms with Crippen LogP contribution >= 0.6 is 11.6 Å². The third-order valence-electron chi connectivity index (χ3n) is 3.74. The van der Waals surface area contributed by atoms with Gasteiger partial charge in [0.1, 0.15) is 11.9 Å². The number of sulfone groups is 1. The highest BCUT2D eigenvalue weighted by Gasteiger charge is 2.08. The van der Waals surface area contributed by atoms with Crippen molar-refractivity contribution in [1.82, 2.24) is 10.6 Å².